The van der Waals surface area contributed by atoms with Gasteiger partial charge in [0, 0.05) is 35.6 Å². The molecule has 2 aromatic heterocycles. The van der Waals surface area contributed by atoms with Crippen molar-refractivity contribution in [1.29, 1.82) is 0 Å². The number of ether oxygens (including phenoxy) is 1. The summed E-state index contributed by atoms with van der Waals surface area (Å²) in [5.41, 5.74) is 1.71. The van der Waals surface area contributed by atoms with Crippen LogP contribution in [0.1, 0.15) is 16.8 Å². The van der Waals surface area contributed by atoms with E-state index in [1.54, 1.807) is 4.90 Å². The third-order valence-corrected chi connectivity index (χ3v) is 4.30. The SMILES string of the molecule is O=C(c1ccc2[nH]ccc2c1)N1CCC(Oc2ncc(Cl)cn2)C1. The predicted molar refractivity (Wildman–Crippen MR) is 90.3 cm³/mol. The van der Waals surface area contributed by atoms with Gasteiger partial charge in [-0.1, -0.05) is 11.6 Å². The largest absolute Gasteiger partial charge is 0.458 e. The van der Waals surface area contributed by atoms with Crippen molar-refractivity contribution in [1.82, 2.24) is 19.9 Å². The fourth-order valence-electron chi connectivity index (χ4n) is 2.89. The van der Waals surface area contributed by atoms with Crippen LogP contribution < -0.4 is 4.74 Å². The Morgan fingerprint density at radius 3 is 2.96 bits per heavy atom. The first-order valence-electron chi connectivity index (χ1n) is 7.70. The first kappa shape index (κ1) is 15.0. The highest BCUT2D eigenvalue weighted by atomic mass is 35.5. The molecule has 0 saturated carbocycles. The zero-order valence-electron chi connectivity index (χ0n) is 12.8. The van der Waals surface area contributed by atoms with E-state index in [0.29, 0.717) is 23.7 Å². The molecule has 1 atom stereocenters. The number of H-pyrrole nitrogens is 1. The van der Waals surface area contributed by atoms with Gasteiger partial charge in [0.2, 0.25) is 0 Å². The molecule has 4 rings (SSSR count). The molecule has 0 spiro atoms. The average molecular weight is 343 g/mol. The maximum absolute atomic E-state index is 12.7. The van der Waals surface area contributed by atoms with Crippen LogP contribution in [0.15, 0.2) is 42.9 Å². The minimum absolute atomic E-state index is 0.0150. The number of carbonyl (C=O) groups excluding carboxylic acids is 1. The topological polar surface area (TPSA) is 71.1 Å². The van der Waals surface area contributed by atoms with Crippen LogP contribution in [0.4, 0.5) is 0 Å². The molecule has 3 aromatic rings. The number of halogens is 1. The number of likely N-dealkylation sites (tertiary alicyclic amines) is 1. The van der Waals surface area contributed by atoms with Crippen LogP contribution in [0.3, 0.4) is 0 Å². The average Bonchev–Trinajstić information content (AvgIpc) is 3.24. The molecule has 3 heterocycles. The van der Waals surface area contributed by atoms with Crippen LogP contribution >= 0.6 is 11.6 Å². The van der Waals surface area contributed by atoms with Crippen LogP contribution in [0.25, 0.3) is 10.9 Å². The molecule has 0 bridgehead atoms. The maximum Gasteiger partial charge on any atom is 0.316 e. The van der Waals surface area contributed by atoms with Crippen molar-refractivity contribution >= 4 is 28.4 Å². The molecule has 1 amide bonds. The summed E-state index contributed by atoms with van der Waals surface area (Å²) in [5.74, 6) is 0.0150. The summed E-state index contributed by atoms with van der Waals surface area (Å²) in [6.07, 6.45) is 5.50. The lowest BCUT2D eigenvalue weighted by atomic mass is 10.1. The van der Waals surface area contributed by atoms with Gasteiger partial charge in [-0.25, -0.2) is 9.97 Å². The van der Waals surface area contributed by atoms with Gasteiger partial charge in [0.15, 0.2) is 0 Å². The summed E-state index contributed by atoms with van der Waals surface area (Å²) in [6, 6.07) is 7.92. The number of carbonyl (C=O) groups is 1. The van der Waals surface area contributed by atoms with E-state index in [1.807, 2.05) is 30.5 Å². The van der Waals surface area contributed by atoms with Crippen molar-refractivity contribution in [3.63, 3.8) is 0 Å². The molecule has 7 heteroatoms. The Balaban J connectivity index is 1.43. The number of aromatic nitrogens is 3. The molecule has 1 unspecified atom stereocenters. The van der Waals surface area contributed by atoms with Gasteiger partial charge in [0.05, 0.1) is 24.0 Å². The Morgan fingerprint density at radius 1 is 1.29 bits per heavy atom. The van der Waals surface area contributed by atoms with Crippen molar-refractivity contribution in [3.05, 3.63) is 53.4 Å². The van der Waals surface area contributed by atoms with E-state index in [9.17, 15) is 4.79 Å². The van der Waals surface area contributed by atoms with Crippen LogP contribution in [0.2, 0.25) is 5.02 Å². The minimum Gasteiger partial charge on any atom is -0.458 e. The summed E-state index contributed by atoms with van der Waals surface area (Å²) in [5, 5.41) is 1.49. The number of rotatable bonds is 3. The molecule has 1 aliphatic heterocycles. The van der Waals surface area contributed by atoms with Crippen LogP contribution in [-0.2, 0) is 0 Å². The molecular weight excluding hydrogens is 328 g/mol. The van der Waals surface area contributed by atoms with Crippen molar-refractivity contribution in [2.24, 2.45) is 0 Å². The van der Waals surface area contributed by atoms with Crippen LogP contribution in [-0.4, -0.2) is 45.0 Å². The van der Waals surface area contributed by atoms with Crippen molar-refractivity contribution in [2.75, 3.05) is 13.1 Å². The summed E-state index contributed by atoms with van der Waals surface area (Å²) in [6.45, 7) is 1.18. The number of fused-ring (bicyclic) bond motifs is 1. The predicted octanol–water partition coefficient (Wildman–Crippen LogP) is 2.90. The second kappa shape index (κ2) is 6.13. The highest BCUT2D eigenvalue weighted by Crippen LogP contribution is 2.20. The molecule has 0 radical (unpaired) electrons. The number of benzene rings is 1. The van der Waals surface area contributed by atoms with E-state index < -0.39 is 0 Å². The second-order valence-electron chi connectivity index (χ2n) is 5.74. The molecule has 122 valence electrons. The fourth-order valence-corrected chi connectivity index (χ4v) is 2.99. The van der Waals surface area contributed by atoms with Crippen molar-refractivity contribution in [2.45, 2.75) is 12.5 Å². The van der Waals surface area contributed by atoms with E-state index in [2.05, 4.69) is 15.0 Å². The molecular formula is C17H15ClN4O2. The first-order chi connectivity index (χ1) is 11.7. The monoisotopic (exact) mass is 342 g/mol. The highest BCUT2D eigenvalue weighted by molar-refractivity contribution is 6.30. The van der Waals surface area contributed by atoms with Gasteiger partial charge >= 0.3 is 6.01 Å². The maximum atomic E-state index is 12.7. The fraction of sp³-hybridized carbons (Fsp3) is 0.235. The van der Waals surface area contributed by atoms with Gasteiger partial charge in [0.25, 0.3) is 5.91 Å². The van der Waals surface area contributed by atoms with E-state index in [0.717, 1.165) is 17.3 Å². The normalized spacial score (nSPS) is 17.4. The molecule has 1 aliphatic rings. The van der Waals surface area contributed by atoms with Crippen molar-refractivity contribution < 1.29 is 9.53 Å². The molecule has 6 nitrogen and oxygen atoms in total. The molecule has 1 saturated heterocycles. The van der Waals surface area contributed by atoms with Gasteiger partial charge in [-0.15, -0.1) is 0 Å². The van der Waals surface area contributed by atoms with Gasteiger partial charge in [0.1, 0.15) is 6.10 Å². The highest BCUT2D eigenvalue weighted by Gasteiger charge is 2.29. The third kappa shape index (κ3) is 2.92. The number of hydrogen-bond acceptors (Lipinski definition) is 4. The van der Waals surface area contributed by atoms with Crippen LogP contribution in [0, 0.1) is 0 Å². The van der Waals surface area contributed by atoms with Gasteiger partial charge in [-0.3, -0.25) is 4.79 Å². The smallest absolute Gasteiger partial charge is 0.316 e. The third-order valence-electron chi connectivity index (χ3n) is 4.10. The lowest BCUT2D eigenvalue weighted by molar-refractivity contribution is 0.0770. The zero-order chi connectivity index (χ0) is 16.5. The lowest BCUT2D eigenvalue weighted by Crippen LogP contribution is -2.31. The second-order valence-corrected chi connectivity index (χ2v) is 6.18. The van der Waals surface area contributed by atoms with Gasteiger partial charge in [-0.2, -0.15) is 0 Å². The number of aromatic amines is 1. The molecule has 24 heavy (non-hydrogen) atoms. The molecule has 0 aliphatic carbocycles. The van der Waals surface area contributed by atoms with E-state index in [1.165, 1.54) is 12.4 Å². The quantitative estimate of drug-likeness (QED) is 0.794. The number of nitrogens with zero attached hydrogens (tertiary/aromatic N) is 3. The standard InChI is InChI=1S/C17H15ClN4O2/c18-13-8-20-17(21-9-13)24-14-4-6-22(10-14)16(23)12-1-2-15-11(7-12)3-5-19-15/h1-3,5,7-9,14,19H,4,6,10H2. The Morgan fingerprint density at radius 2 is 2.12 bits per heavy atom. The first-order valence-corrected chi connectivity index (χ1v) is 8.07. The number of hydrogen-bond donors (Lipinski definition) is 1. The van der Waals surface area contributed by atoms with E-state index >= 15 is 0 Å². The van der Waals surface area contributed by atoms with Crippen LogP contribution in [0.5, 0.6) is 6.01 Å². The van der Waals surface area contributed by atoms with Crippen molar-refractivity contribution in [3.8, 4) is 6.01 Å². The minimum atomic E-state index is -0.105. The molecule has 1 fully saturated rings. The molecule has 1 aromatic carbocycles. The van der Waals surface area contributed by atoms with Gasteiger partial charge in [-0.05, 0) is 24.3 Å². The summed E-state index contributed by atoms with van der Waals surface area (Å²) < 4.78 is 5.72. The van der Waals surface area contributed by atoms with E-state index in [4.69, 9.17) is 16.3 Å². The number of nitrogens with one attached hydrogen (secondary N) is 1. The summed E-state index contributed by atoms with van der Waals surface area (Å²) >= 11 is 5.76. The number of amides is 1. The summed E-state index contributed by atoms with van der Waals surface area (Å²) in [4.78, 5) is 25.6. The Labute approximate surface area is 143 Å². The van der Waals surface area contributed by atoms with Gasteiger partial charge < -0.3 is 14.6 Å². The summed E-state index contributed by atoms with van der Waals surface area (Å²) in [7, 11) is 0. The van der Waals surface area contributed by atoms with E-state index in [-0.39, 0.29) is 18.0 Å². The Kier molecular flexibility index (Phi) is 3.82. The Hall–Kier alpha value is -2.60. The molecule has 1 N–H and O–H groups in total. The lowest BCUT2D eigenvalue weighted by Gasteiger charge is -2.16. The zero-order valence-corrected chi connectivity index (χ0v) is 13.5. The Bertz CT molecular complexity index is 878.